The maximum Gasteiger partial charge on any atom is 0.242 e. The van der Waals surface area contributed by atoms with Crippen LogP contribution in [0.1, 0.15) is 33.6 Å². The van der Waals surface area contributed by atoms with Gasteiger partial charge in [-0.1, -0.05) is 0 Å². The molecule has 0 aliphatic carbocycles. The minimum absolute atomic E-state index is 0.386. The molecule has 0 aromatic rings. The molecule has 1 fully saturated rings. The topological polar surface area (TPSA) is 3.24 Å². The highest BCUT2D eigenvalue weighted by Gasteiger charge is 2.31. The fraction of sp³-hybridized carbons (Fsp3) is 1.00. The molecule has 1 nitrogen and oxygen atoms in total. The summed E-state index contributed by atoms with van der Waals surface area (Å²) in [5.41, 5.74) is 0. The summed E-state index contributed by atoms with van der Waals surface area (Å²) in [5.74, 6) is -0.404. The second-order valence-corrected chi connectivity index (χ2v) is 4.31. The van der Waals surface area contributed by atoms with Gasteiger partial charge in [0.25, 0.3) is 0 Å². The molecule has 0 aromatic carbocycles. The predicted molar refractivity (Wildman–Crippen MR) is 50.0 cm³/mol. The summed E-state index contributed by atoms with van der Waals surface area (Å²) in [6.45, 7) is 6.84. The molecule has 1 rings (SSSR count). The second-order valence-electron chi connectivity index (χ2n) is 4.31. The largest absolute Gasteiger partial charge is 0.298 e. The first kappa shape index (κ1) is 10.9. The maximum atomic E-state index is 12.5. The minimum atomic E-state index is -2.14. The lowest BCUT2D eigenvalue weighted by Crippen LogP contribution is -2.47. The smallest absolute Gasteiger partial charge is 0.242 e. The third-order valence-corrected chi connectivity index (χ3v) is 2.99. The summed E-state index contributed by atoms with van der Waals surface area (Å²) in [7, 11) is 0. The number of likely N-dealkylation sites (tertiary alicyclic amines) is 1. The Labute approximate surface area is 79.1 Å². The van der Waals surface area contributed by atoms with Gasteiger partial charge in [-0.15, -0.1) is 0 Å². The van der Waals surface area contributed by atoms with Crippen molar-refractivity contribution in [1.82, 2.24) is 4.90 Å². The van der Waals surface area contributed by atoms with Crippen molar-refractivity contribution in [1.29, 1.82) is 0 Å². The highest BCUT2D eigenvalue weighted by molar-refractivity contribution is 4.81. The number of rotatable bonds is 2. The Morgan fingerprint density at radius 1 is 1.23 bits per heavy atom. The molecule has 0 saturated carbocycles. The summed E-state index contributed by atoms with van der Waals surface area (Å²) in [5, 5.41) is 0. The molecular weight excluding hydrogens is 172 g/mol. The van der Waals surface area contributed by atoms with E-state index in [0.717, 1.165) is 6.42 Å². The summed E-state index contributed by atoms with van der Waals surface area (Å²) in [6, 6.07) is 0.853. The van der Waals surface area contributed by atoms with E-state index in [1.807, 2.05) is 0 Å². The molecule has 1 saturated heterocycles. The number of piperidine rings is 1. The van der Waals surface area contributed by atoms with E-state index < -0.39 is 12.3 Å². The Morgan fingerprint density at radius 2 is 1.85 bits per heavy atom. The Kier molecular flexibility index (Phi) is 3.65. The van der Waals surface area contributed by atoms with Crippen LogP contribution < -0.4 is 0 Å². The third kappa shape index (κ3) is 2.63. The van der Waals surface area contributed by atoms with Gasteiger partial charge in [0.1, 0.15) is 0 Å². The Bertz CT molecular complexity index is 159. The molecule has 13 heavy (non-hydrogen) atoms. The highest BCUT2D eigenvalue weighted by Crippen LogP contribution is 2.27. The number of hydrogen-bond donors (Lipinski definition) is 0. The molecule has 2 unspecified atom stereocenters. The quantitative estimate of drug-likeness (QED) is 0.648. The Hall–Kier alpha value is -0.180. The Balaban J connectivity index is 2.53. The summed E-state index contributed by atoms with van der Waals surface area (Å²) < 4.78 is 24.9. The molecule has 2 atom stereocenters. The number of nitrogens with zero attached hydrogens (tertiary/aromatic N) is 1. The van der Waals surface area contributed by atoms with E-state index in [9.17, 15) is 8.78 Å². The first-order valence-corrected chi connectivity index (χ1v) is 5.06. The van der Waals surface area contributed by atoms with Crippen molar-refractivity contribution in [2.45, 2.75) is 52.1 Å². The zero-order chi connectivity index (χ0) is 10.0. The van der Waals surface area contributed by atoms with Crippen LogP contribution in [0.25, 0.3) is 0 Å². The van der Waals surface area contributed by atoms with E-state index in [1.54, 1.807) is 0 Å². The van der Waals surface area contributed by atoms with Crippen LogP contribution in [0.4, 0.5) is 8.78 Å². The molecule has 3 heteroatoms. The van der Waals surface area contributed by atoms with Gasteiger partial charge < -0.3 is 0 Å². The third-order valence-electron chi connectivity index (χ3n) is 2.99. The first-order valence-electron chi connectivity index (χ1n) is 5.06. The lowest BCUT2D eigenvalue weighted by Gasteiger charge is -2.40. The lowest BCUT2D eigenvalue weighted by molar-refractivity contribution is -0.00148. The molecule has 1 aliphatic rings. The zero-order valence-corrected chi connectivity index (χ0v) is 8.63. The number of alkyl halides is 2. The van der Waals surface area contributed by atoms with Crippen LogP contribution in [-0.2, 0) is 0 Å². The van der Waals surface area contributed by atoms with Gasteiger partial charge in [0.2, 0.25) is 6.43 Å². The van der Waals surface area contributed by atoms with E-state index in [0.29, 0.717) is 25.0 Å². The molecule has 0 radical (unpaired) electrons. The van der Waals surface area contributed by atoms with Crippen LogP contribution in [-0.4, -0.2) is 30.0 Å². The van der Waals surface area contributed by atoms with Crippen molar-refractivity contribution in [2.75, 3.05) is 6.54 Å². The van der Waals surface area contributed by atoms with Crippen molar-refractivity contribution < 1.29 is 8.78 Å². The van der Waals surface area contributed by atoms with Crippen molar-refractivity contribution in [3.8, 4) is 0 Å². The van der Waals surface area contributed by atoms with Crippen molar-refractivity contribution in [2.24, 2.45) is 5.92 Å². The second kappa shape index (κ2) is 4.36. The molecule has 0 bridgehead atoms. The molecule has 1 aliphatic heterocycles. The average molecular weight is 191 g/mol. The summed E-state index contributed by atoms with van der Waals surface area (Å²) in [4.78, 5) is 2.18. The van der Waals surface area contributed by atoms with Gasteiger partial charge in [0, 0.05) is 24.5 Å². The fourth-order valence-electron chi connectivity index (χ4n) is 2.09. The first-order chi connectivity index (χ1) is 6.02. The fourth-order valence-corrected chi connectivity index (χ4v) is 2.09. The van der Waals surface area contributed by atoms with Crippen molar-refractivity contribution in [3.63, 3.8) is 0 Å². The van der Waals surface area contributed by atoms with Crippen LogP contribution in [0.5, 0.6) is 0 Å². The monoisotopic (exact) mass is 191 g/mol. The molecule has 0 spiro atoms. The van der Waals surface area contributed by atoms with Crippen molar-refractivity contribution in [3.05, 3.63) is 0 Å². The maximum absolute atomic E-state index is 12.5. The van der Waals surface area contributed by atoms with Crippen LogP contribution >= 0.6 is 0 Å². The average Bonchev–Trinajstić information content (AvgIpc) is 2.04. The zero-order valence-electron chi connectivity index (χ0n) is 8.63. The normalized spacial score (nSPS) is 31.6. The van der Waals surface area contributed by atoms with E-state index in [2.05, 4.69) is 25.7 Å². The van der Waals surface area contributed by atoms with Crippen LogP contribution in [0.3, 0.4) is 0 Å². The van der Waals surface area contributed by atoms with Gasteiger partial charge >= 0.3 is 0 Å². The number of hydrogen-bond acceptors (Lipinski definition) is 1. The van der Waals surface area contributed by atoms with Crippen LogP contribution in [0.2, 0.25) is 0 Å². The lowest BCUT2D eigenvalue weighted by atomic mass is 9.93. The molecular formula is C10H19F2N. The summed E-state index contributed by atoms with van der Waals surface area (Å²) in [6.07, 6.45) is -0.552. The highest BCUT2D eigenvalue weighted by atomic mass is 19.3. The SMILES string of the molecule is CC(C)N1CC(C(F)F)CCC1C. The molecule has 78 valence electrons. The predicted octanol–water partition coefficient (Wildman–Crippen LogP) is 2.76. The summed E-state index contributed by atoms with van der Waals surface area (Å²) >= 11 is 0. The number of halogens is 2. The van der Waals surface area contributed by atoms with E-state index in [1.165, 1.54) is 0 Å². The van der Waals surface area contributed by atoms with Gasteiger partial charge in [0.05, 0.1) is 0 Å². The van der Waals surface area contributed by atoms with Gasteiger partial charge in [-0.2, -0.15) is 0 Å². The minimum Gasteiger partial charge on any atom is -0.298 e. The molecule has 0 amide bonds. The van der Waals surface area contributed by atoms with E-state index >= 15 is 0 Å². The molecule has 0 aromatic heterocycles. The molecule has 0 N–H and O–H groups in total. The van der Waals surface area contributed by atoms with E-state index in [-0.39, 0.29) is 0 Å². The standard InChI is InChI=1S/C10H19F2N/c1-7(2)13-6-9(10(11)12)5-4-8(13)3/h7-10H,4-6H2,1-3H3. The van der Waals surface area contributed by atoms with Crippen LogP contribution in [0.15, 0.2) is 0 Å². The van der Waals surface area contributed by atoms with Gasteiger partial charge in [-0.05, 0) is 33.6 Å². The van der Waals surface area contributed by atoms with Crippen molar-refractivity contribution >= 4 is 0 Å². The van der Waals surface area contributed by atoms with E-state index in [4.69, 9.17) is 0 Å². The Morgan fingerprint density at radius 3 is 2.31 bits per heavy atom. The molecule has 1 heterocycles. The van der Waals surface area contributed by atoms with Gasteiger partial charge in [0.15, 0.2) is 0 Å². The van der Waals surface area contributed by atoms with Crippen LogP contribution in [0, 0.1) is 5.92 Å². The van der Waals surface area contributed by atoms with Gasteiger partial charge in [-0.3, -0.25) is 4.90 Å². The van der Waals surface area contributed by atoms with Gasteiger partial charge in [-0.25, -0.2) is 8.78 Å².